The highest BCUT2D eigenvalue weighted by Gasteiger charge is 2.39. The third kappa shape index (κ3) is 4.45. The van der Waals surface area contributed by atoms with Gasteiger partial charge in [0.25, 0.3) is 5.69 Å². The first-order valence-corrected chi connectivity index (χ1v) is 6.60. The lowest BCUT2D eigenvalue weighted by Crippen LogP contribution is -2.30. The molecule has 0 saturated heterocycles. The topological polar surface area (TPSA) is 81.5 Å². The van der Waals surface area contributed by atoms with Crippen LogP contribution >= 0.6 is 0 Å². The Balaban J connectivity index is 2.17. The highest BCUT2D eigenvalue weighted by Crippen LogP contribution is 2.30. The van der Waals surface area contributed by atoms with Gasteiger partial charge in [0.15, 0.2) is 0 Å². The number of carbonyl (C=O) groups is 1. The molecule has 1 amide bonds. The lowest BCUT2D eigenvalue weighted by atomic mass is 10.2. The molecule has 0 aliphatic carbocycles. The molecule has 0 aliphatic rings. The van der Waals surface area contributed by atoms with E-state index in [4.69, 9.17) is 4.74 Å². The van der Waals surface area contributed by atoms with Gasteiger partial charge in [-0.05, 0) is 17.7 Å². The lowest BCUT2D eigenvalue weighted by molar-refractivity contribution is -0.384. The summed E-state index contributed by atoms with van der Waals surface area (Å²) in [5.74, 6) is -2.20. The fourth-order valence-electron chi connectivity index (χ4n) is 1.79. The van der Waals surface area contributed by atoms with Crippen molar-refractivity contribution in [3.8, 4) is 5.75 Å². The Morgan fingerprint density at radius 3 is 2.42 bits per heavy atom. The first kappa shape index (κ1) is 17.3. The molecule has 0 aromatic heterocycles. The van der Waals surface area contributed by atoms with E-state index in [1.54, 1.807) is 24.3 Å². The minimum atomic E-state index is -5.14. The van der Waals surface area contributed by atoms with Crippen molar-refractivity contribution in [2.24, 2.45) is 0 Å². The summed E-state index contributed by atoms with van der Waals surface area (Å²) >= 11 is 0. The molecule has 126 valence electrons. The van der Waals surface area contributed by atoms with Crippen LogP contribution in [0.3, 0.4) is 0 Å². The van der Waals surface area contributed by atoms with Gasteiger partial charge >= 0.3 is 12.1 Å². The summed E-state index contributed by atoms with van der Waals surface area (Å²) in [6.45, 7) is 0.131. The Hall–Kier alpha value is -3.10. The predicted octanol–water partition coefficient (Wildman–Crippen LogP) is 3.67. The summed E-state index contributed by atoms with van der Waals surface area (Å²) in [5.41, 5.74) is -0.442. The number of nitrogens with one attached hydrogen (secondary N) is 1. The minimum absolute atomic E-state index is 0.0931. The highest BCUT2D eigenvalue weighted by molar-refractivity contribution is 5.96. The number of nitro benzene ring substituents is 1. The van der Waals surface area contributed by atoms with E-state index in [0.29, 0.717) is 0 Å². The number of amides is 1. The SMILES string of the molecule is O=C(Nc1ccc(OCc2ccccc2)cc1[N+](=O)[O-])C(F)(F)F. The second-order valence-corrected chi connectivity index (χ2v) is 4.66. The van der Waals surface area contributed by atoms with Gasteiger partial charge in [-0.15, -0.1) is 0 Å². The molecule has 0 aliphatic heterocycles. The van der Waals surface area contributed by atoms with Gasteiger partial charge in [-0.3, -0.25) is 14.9 Å². The third-order valence-electron chi connectivity index (χ3n) is 2.92. The van der Waals surface area contributed by atoms with Crippen LogP contribution in [-0.4, -0.2) is 17.0 Å². The number of ether oxygens (including phenoxy) is 1. The van der Waals surface area contributed by atoms with E-state index >= 15 is 0 Å². The number of hydrogen-bond donors (Lipinski definition) is 1. The molecule has 2 rings (SSSR count). The maximum absolute atomic E-state index is 12.2. The molecule has 0 heterocycles. The van der Waals surface area contributed by atoms with Gasteiger partial charge in [-0.25, -0.2) is 0 Å². The number of benzene rings is 2. The second-order valence-electron chi connectivity index (χ2n) is 4.66. The van der Waals surface area contributed by atoms with Gasteiger partial charge in [0.1, 0.15) is 18.0 Å². The fourth-order valence-corrected chi connectivity index (χ4v) is 1.79. The number of anilines is 1. The summed E-state index contributed by atoms with van der Waals surface area (Å²) in [7, 11) is 0. The third-order valence-corrected chi connectivity index (χ3v) is 2.92. The fraction of sp³-hybridized carbons (Fsp3) is 0.133. The van der Waals surface area contributed by atoms with Crippen LogP contribution in [-0.2, 0) is 11.4 Å². The monoisotopic (exact) mass is 340 g/mol. The van der Waals surface area contributed by atoms with Gasteiger partial charge in [0.2, 0.25) is 0 Å². The Morgan fingerprint density at radius 2 is 1.83 bits per heavy atom. The van der Waals surface area contributed by atoms with E-state index in [1.165, 1.54) is 11.4 Å². The molecule has 0 radical (unpaired) electrons. The molecule has 24 heavy (non-hydrogen) atoms. The van der Waals surface area contributed by atoms with Crippen LogP contribution in [0.4, 0.5) is 24.5 Å². The molecule has 0 unspecified atom stereocenters. The quantitative estimate of drug-likeness (QED) is 0.665. The average Bonchev–Trinajstić information content (AvgIpc) is 2.53. The molecule has 1 N–H and O–H groups in total. The van der Waals surface area contributed by atoms with E-state index in [2.05, 4.69) is 0 Å². The Bertz CT molecular complexity index is 748. The molecular weight excluding hydrogens is 329 g/mol. The van der Waals surface area contributed by atoms with Crippen molar-refractivity contribution in [1.82, 2.24) is 0 Å². The number of nitrogens with zero attached hydrogens (tertiary/aromatic N) is 1. The molecule has 2 aromatic carbocycles. The number of rotatable bonds is 5. The molecule has 9 heteroatoms. The summed E-state index contributed by atoms with van der Waals surface area (Å²) in [4.78, 5) is 21.0. The first-order valence-electron chi connectivity index (χ1n) is 6.60. The van der Waals surface area contributed by atoms with E-state index in [-0.39, 0.29) is 12.4 Å². The highest BCUT2D eigenvalue weighted by atomic mass is 19.4. The van der Waals surface area contributed by atoms with Crippen LogP contribution in [0.15, 0.2) is 48.5 Å². The van der Waals surface area contributed by atoms with Crippen molar-refractivity contribution in [2.75, 3.05) is 5.32 Å². The van der Waals surface area contributed by atoms with Crippen molar-refractivity contribution in [3.05, 3.63) is 64.2 Å². The van der Waals surface area contributed by atoms with Crippen molar-refractivity contribution in [1.29, 1.82) is 0 Å². The van der Waals surface area contributed by atoms with Crippen LogP contribution in [0.25, 0.3) is 0 Å². The first-order chi connectivity index (χ1) is 11.3. The Morgan fingerprint density at radius 1 is 1.17 bits per heavy atom. The van der Waals surface area contributed by atoms with Crippen molar-refractivity contribution in [3.63, 3.8) is 0 Å². The molecule has 2 aromatic rings. The normalized spacial score (nSPS) is 11.0. The number of halogens is 3. The van der Waals surface area contributed by atoms with Gasteiger partial charge in [-0.2, -0.15) is 13.2 Å². The molecule has 6 nitrogen and oxygen atoms in total. The maximum Gasteiger partial charge on any atom is 0.471 e. The van der Waals surface area contributed by atoms with Crippen LogP contribution in [0.2, 0.25) is 0 Å². The standard InChI is InChI=1S/C15H11F3N2O4/c16-15(17,18)14(21)19-12-7-6-11(8-13(12)20(22)23)24-9-10-4-2-1-3-5-10/h1-8H,9H2,(H,19,21). The molecule has 0 fully saturated rings. The smallest absolute Gasteiger partial charge is 0.471 e. The van der Waals surface area contributed by atoms with E-state index in [1.807, 2.05) is 6.07 Å². The number of nitro groups is 1. The van der Waals surface area contributed by atoms with Crippen LogP contribution < -0.4 is 10.1 Å². The van der Waals surface area contributed by atoms with Crippen LogP contribution in [0.5, 0.6) is 5.75 Å². The predicted molar refractivity (Wildman–Crippen MR) is 78.6 cm³/mol. The van der Waals surface area contributed by atoms with Gasteiger partial charge in [0.05, 0.1) is 11.0 Å². The summed E-state index contributed by atoms with van der Waals surface area (Å²) in [6.07, 6.45) is -5.14. The second kappa shape index (κ2) is 6.99. The Kier molecular flexibility index (Phi) is 5.02. The zero-order chi connectivity index (χ0) is 17.7. The molecular formula is C15H11F3N2O4. The largest absolute Gasteiger partial charge is 0.489 e. The number of alkyl halides is 3. The Labute approximate surface area is 134 Å². The average molecular weight is 340 g/mol. The lowest BCUT2D eigenvalue weighted by Gasteiger charge is -2.10. The van der Waals surface area contributed by atoms with Crippen molar-refractivity contribution < 1.29 is 27.6 Å². The number of hydrogen-bond acceptors (Lipinski definition) is 4. The summed E-state index contributed by atoms with van der Waals surface area (Å²) in [6, 6.07) is 12.1. The maximum atomic E-state index is 12.2. The van der Waals surface area contributed by atoms with Crippen LogP contribution in [0, 0.1) is 10.1 Å². The molecule has 0 bridgehead atoms. The van der Waals surface area contributed by atoms with Gasteiger partial charge in [-0.1, -0.05) is 30.3 Å². The molecule has 0 spiro atoms. The van der Waals surface area contributed by atoms with Crippen molar-refractivity contribution >= 4 is 17.3 Å². The summed E-state index contributed by atoms with van der Waals surface area (Å²) < 4.78 is 42.1. The summed E-state index contributed by atoms with van der Waals surface area (Å²) in [5, 5.41) is 12.5. The van der Waals surface area contributed by atoms with E-state index < -0.39 is 28.4 Å². The van der Waals surface area contributed by atoms with E-state index in [0.717, 1.165) is 17.7 Å². The van der Waals surface area contributed by atoms with Crippen LogP contribution in [0.1, 0.15) is 5.56 Å². The zero-order valence-electron chi connectivity index (χ0n) is 12.0. The zero-order valence-corrected chi connectivity index (χ0v) is 12.0. The molecule has 0 saturated carbocycles. The molecule has 0 atom stereocenters. The van der Waals surface area contributed by atoms with E-state index in [9.17, 15) is 28.1 Å². The van der Waals surface area contributed by atoms with Crippen molar-refractivity contribution in [2.45, 2.75) is 12.8 Å². The number of carbonyl (C=O) groups excluding carboxylic acids is 1. The minimum Gasteiger partial charge on any atom is -0.489 e. The van der Waals surface area contributed by atoms with Gasteiger partial charge in [0, 0.05) is 0 Å². The van der Waals surface area contributed by atoms with Gasteiger partial charge < -0.3 is 10.1 Å².